The number of anilines is 1. The molecule has 1 heterocycles. The van der Waals surface area contributed by atoms with E-state index in [-0.39, 0.29) is 0 Å². The lowest BCUT2D eigenvalue weighted by Crippen LogP contribution is -2.28. The Balaban J connectivity index is 2.77. The van der Waals surface area contributed by atoms with Gasteiger partial charge in [-0.1, -0.05) is 6.08 Å². The van der Waals surface area contributed by atoms with Crippen molar-refractivity contribution < 1.29 is 4.74 Å². The van der Waals surface area contributed by atoms with Gasteiger partial charge in [0.1, 0.15) is 5.82 Å². The van der Waals surface area contributed by atoms with Crippen molar-refractivity contribution in [2.45, 2.75) is 6.54 Å². The van der Waals surface area contributed by atoms with Gasteiger partial charge in [-0.2, -0.15) is 0 Å². The van der Waals surface area contributed by atoms with E-state index in [1.165, 1.54) is 0 Å². The molecule has 0 radical (unpaired) electrons. The first-order valence-corrected chi connectivity index (χ1v) is 5.17. The Morgan fingerprint density at radius 3 is 3.00 bits per heavy atom. The predicted octanol–water partition coefficient (Wildman–Crippen LogP) is 0.574. The van der Waals surface area contributed by atoms with Crippen molar-refractivity contribution in [3.05, 3.63) is 30.7 Å². The second-order valence-corrected chi connectivity index (χ2v) is 3.30. The van der Waals surface area contributed by atoms with Crippen LogP contribution < -0.4 is 10.6 Å². The molecule has 0 aliphatic rings. The van der Waals surface area contributed by atoms with Crippen LogP contribution in [0.2, 0.25) is 0 Å². The minimum Gasteiger partial charge on any atom is -0.383 e. The number of hydrogen-bond acceptors (Lipinski definition) is 5. The van der Waals surface area contributed by atoms with Crippen LogP contribution in [0.25, 0.3) is 0 Å². The highest BCUT2D eigenvalue weighted by molar-refractivity contribution is 5.37. The Labute approximate surface area is 95.9 Å². The molecule has 0 fully saturated rings. The van der Waals surface area contributed by atoms with Gasteiger partial charge in [0.2, 0.25) is 0 Å². The fourth-order valence-electron chi connectivity index (χ4n) is 1.30. The van der Waals surface area contributed by atoms with E-state index in [1.807, 2.05) is 11.0 Å². The molecular weight excluding hydrogens is 204 g/mol. The van der Waals surface area contributed by atoms with Gasteiger partial charge in [0.15, 0.2) is 0 Å². The lowest BCUT2D eigenvalue weighted by Gasteiger charge is -2.21. The van der Waals surface area contributed by atoms with Gasteiger partial charge in [-0.15, -0.1) is 6.58 Å². The quantitative estimate of drug-likeness (QED) is 0.683. The molecule has 1 aromatic rings. The van der Waals surface area contributed by atoms with Crippen LogP contribution in [-0.4, -0.2) is 36.8 Å². The smallest absolute Gasteiger partial charge is 0.147 e. The second-order valence-electron chi connectivity index (χ2n) is 3.30. The molecule has 1 aromatic heterocycles. The van der Waals surface area contributed by atoms with Crippen molar-refractivity contribution >= 4 is 5.82 Å². The summed E-state index contributed by atoms with van der Waals surface area (Å²) in [5.41, 5.74) is 6.31. The van der Waals surface area contributed by atoms with Gasteiger partial charge in [-0.3, -0.25) is 4.98 Å². The molecule has 1 rings (SSSR count). The Hall–Kier alpha value is -1.46. The zero-order chi connectivity index (χ0) is 11.8. The summed E-state index contributed by atoms with van der Waals surface area (Å²) >= 11 is 0. The Bertz CT molecular complexity index is 330. The number of nitrogens with zero attached hydrogens (tertiary/aromatic N) is 3. The number of rotatable bonds is 7. The average molecular weight is 222 g/mol. The van der Waals surface area contributed by atoms with Gasteiger partial charge < -0.3 is 15.4 Å². The maximum Gasteiger partial charge on any atom is 0.147 e. The molecule has 0 amide bonds. The van der Waals surface area contributed by atoms with E-state index in [9.17, 15) is 0 Å². The fraction of sp³-hybridized carbons (Fsp3) is 0.455. The lowest BCUT2D eigenvalue weighted by atomic mass is 10.4. The van der Waals surface area contributed by atoms with Crippen LogP contribution in [0.3, 0.4) is 0 Å². The molecule has 0 spiro atoms. The second kappa shape index (κ2) is 6.92. The van der Waals surface area contributed by atoms with E-state index >= 15 is 0 Å². The first kappa shape index (κ1) is 12.6. The first-order chi connectivity index (χ1) is 7.81. The summed E-state index contributed by atoms with van der Waals surface area (Å²) in [5.74, 6) is 0.805. The van der Waals surface area contributed by atoms with Crippen molar-refractivity contribution in [3.63, 3.8) is 0 Å². The molecule has 5 nitrogen and oxygen atoms in total. The van der Waals surface area contributed by atoms with E-state index in [4.69, 9.17) is 10.5 Å². The number of aromatic nitrogens is 2. The van der Waals surface area contributed by atoms with Crippen molar-refractivity contribution in [1.82, 2.24) is 9.97 Å². The van der Waals surface area contributed by atoms with Gasteiger partial charge in [0.25, 0.3) is 0 Å². The zero-order valence-corrected chi connectivity index (χ0v) is 9.59. The van der Waals surface area contributed by atoms with Crippen molar-refractivity contribution in [1.29, 1.82) is 0 Å². The van der Waals surface area contributed by atoms with Crippen LogP contribution in [0.5, 0.6) is 0 Å². The normalized spacial score (nSPS) is 10.1. The molecule has 88 valence electrons. The van der Waals surface area contributed by atoms with Crippen LogP contribution in [-0.2, 0) is 11.3 Å². The van der Waals surface area contributed by atoms with E-state index in [0.29, 0.717) is 19.7 Å². The highest BCUT2D eigenvalue weighted by atomic mass is 16.5. The molecular formula is C11H18N4O. The molecule has 0 aromatic carbocycles. The van der Waals surface area contributed by atoms with Crippen molar-refractivity contribution in [2.24, 2.45) is 5.73 Å². The lowest BCUT2D eigenvalue weighted by molar-refractivity contribution is 0.205. The third-order valence-corrected chi connectivity index (χ3v) is 2.12. The minimum absolute atomic E-state index is 0.396. The summed E-state index contributed by atoms with van der Waals surface area (Å²) in [6, 6.07) is 0. The SMILES string of the molecule is C=CCN(CCOC)c1cncc(CN)n1. The third kappa shape index (κ3) is 3.60. The first-order valence-electron chi connectivity index (χ1n) is 5.17. The molecule has 0 saturated carbocycles. The predicted molar refractivity (Wildman–Crippen MR) is 64.2 cm³/mol. The highest BCUT2D eigenvalue weighted by Crippen LogP contribution is 2.09. The number of hydrogen-bond donors (Lipinski definition) is 1. The summed E-state index contributed by atoms with van der Waals surface area (Å²) in [4.78, 5) is 10.5. The molecule has 0 saturated heterocycles. The van der Waals surface area contributed by atoms with Gasteiger partial charge in [0, 0.05) is 32.9 Å². The molecule has 0 aliphatic heterocycles. The highest BCUT2D eigenvalue weighted by Gasteiger charge is 2.06. The third-order valence-electron chi connectivity index (χ3n) is 2.12. The molecule has 0 unspecified atom stereocenters. The van der Waals surface area contributed by atoms with Gasteiger partial charge in [-0.25, -0.2) is 4.98 Å². The molecule has 16 heavy (non-hydrogen) atoms. The van der Waals surface area contributed by atoms with Crippen LogP contribution in [0.15, 0.2) is 25.0 Å². The molecule has 2 N–H and O–H groups in total. The molecule has 5 heteroatoms. The van der Waals surface area contributed by atoms with Gasteiger partial charge in [-0.05, 0) is 0 Å². The van der Waals surface area contributed by atoms with E-state index in [2.05, 4.69) is 16.5 Å². The van der Waals surface area contributed by atoms with Crippen LogP contribution in [0, 0.1) is 0 Å². The number of nitrogens with two attached hydrogens (primary N) is 1. The zero-order valence-electron chi connectivity index (χ0n) is 9.59. The average Bonchev–Trinajstić information content (AvgIpc) is 2.34. The summed E-state index contributed by atoms with van der Waals surface area (Å²) < 4.78 is 5.05. The maximum absolute atomic E-state index is 5.53. The van der Waals surface area contributed by atoms with E-state index in [0.717, 1.165) is 18.1 Å². The van der Waals surface area contributed by atoms with Gasteiger partial charge >= 0.3 is 0 Å². The largest absolute Gasteiger partial charge is 0.383 e. The Kier molecular flexibility index (Phi) is 5.45. The maximum atomic E-state index is 5.53. The summed E-state index contributed by atoms with van der Waals surface area (Å²) in [6.45, 7) is 6.23. The van der Waals surface area contributed by atoms with Crippen LogP contribution in [0.1, 0.15) is 5.69 Å². The molecule has 0 bridgehead atoms. The molecule has 0 atom stereocenters. The Morgan fingerprint density at radius 2 is 2.38 bits per heavy atom. The van der Waals surface area contributed by atoms with E-state index in [1.54, 1.807) is 19.5 Å². The number of methoxy groups -OCH3 is 1. The monoisotopic (exact) mass is 222 g/mol. The topological polar surface area (TPSA) is 64.3 Å². The van der Waals surface area contributed by atoms with Crippen LogP contribution in [0.4, 0.5) is 5.82 Å². The van der Waals surface area contributed by atoms with Gasteiger partial charge in [0.05, 0.1) is 18.5 Å². The summed E-state index contributed by atoms with van der Waals surface area (Å²) in [5, 5.41) is 0. The van der Waals surface area contributed by atoms with Crippen molar-refractivity contribution in [2.75, 3.05) is 31.7 Å². The summed E-state index contributed by atoms with van der Waals surface area (Å²) in [6.07, 6.45) is 5.22. The van der Waals surface area contributed by atoms with E-state index < -0.39 is 0 Å². The molecule has 0 aliphatic carbocycles. The minimum atomic E-state index is 0.396. The standard InChI is InChI=1S/C11H18N4O/c1-3-4-15(5-6-16-2)11-9-13-8-10(7-12)14-11/h3,8-9H,1,4-7,12H2,2H3. The number of ether oxygens (including phenoxy) is 1. The van der Waals surface area contributed by atoms with Crippen LogP contribution >= 0.6 is 0 Å². The van der Waals surface area contributed by atoms with Crippen molar-refractivity contribution in [3.8, 4) is 0 Å². The Morgan fingerprint density at radius 1 is 1.56 bits per heavy atom. The summed E-state index contributed by atoms with van der Waals surface area (Å²) in [7, 11) is 1.67. The fourth-order valence-corrected chi connectivity index (χ4v) is 1.30.